The summed E-state index contributed by atoms with van der Waals surface area (Å²) in [7, 11) is 0. The number of anilines is 3. The highest BCUT2D eigenvalue weighted by atomic mass is 19.1. The van der Waals surface area contributed by atoms with Gasteiger partial charge in [0, 0.05) is 47.5 Å². The molecule has 3 aromatic heterocycles. The van der Waals surface area contributed by atoms with Gasteiger partial charge in [0.25, 0.3) is 0 Å². The van der Waals surface area contributed by atoms with Gasteiger partial charge in [-0.05, 0) is 42.7 Å². The lowest BCUT2D eigenvalue weighted by molar-refractivity contribution is 0.627. The maximum Gasteiger partial charge on any atom is 0.224 e. The van der Waals surface area contributed by atoms with Crippen LogP contribution in [-0.2, 0) is 6.54 Å². The van der Waals surface area contributed by atoms with Crippen LogP contribution in [0.2, 0.25) is 0 Å². The molecule has 1 aliphatic rings. The molecule has 0 aliphatic heterocycles. The number of halogens is 1. The summed E-state index contributed by atoms with van der Waals surface area (Å²) in [5, 5.41) is 14.6. The van der Waals surface area contributed by atoms with Gasteiger partial charge in [0.2, 0.25) is 5.95 Å². The number of benzene rings is 1. The molecule has 7 nitrogen and oxygen atoms in total. The Morgan fingerprint density at radius 1 is 1.15 bits per heavy atom. The summed E-state index contributed by atoms with van der Waals surface area (Å²) in [6.45, 7) is 0.420. The Morgan fingerprint density at radius 3 is 2.96 bits per heavy atom. The maximum absolute atomic E-state index is 13.8. The van der Waals surface area contributed by atoms with Crippen molar-refractivity contribution in [3.05, 3.63) is 59.8 Å². The molecule has 1 saturated carbocycles. The van der Waals surface area contributed by atoms with Gasteiger partial charge in [0.05, 0.1) is 0 Å². The fourth-order valence-corrected chi connectivity index (χ4v) is 3.17. The summed E-state index contributed by atoms with van der Waals surface area (Å²) >= 11 is 0. The average Bonchev–Trinajstić information content (AvgIpc) is 3.22. The van der Waals surface area contributed by atoms with Gasteiger partial charge in [-0.3, -0.25) is 5.10 Å². The molecule has 1 aliphatic carbocycles. The van der Waals surface area contributed by atoms with Gasteiger partial charge in [-0.2, -0.15) is 10.1 Å². The summed E-state index contributed by atoms with van der Waals surface area (Å²) in [5.74, 6) is 2.19. The third-order valence-corrected chi connectivity index (χ3v) is 4.68. The molecule has 8 heteroatoms. The molecule has 1 aromatic carbocycles. The van der Waals surface area contributed by atoms with Crippen molar-refractivity contribution in [2.45, 2.75) is 25.3 Å². The Labute approximate surface area is 154 Å². The summed E-state index contributed by atoms with van der Waals surface area (Å²) in [6, 6.07) is 8.74. The van der Waals surface area contributed by atoms with Crippen LogP contribution >= 0.6 is 0 Å². The Hall–Kier alpha value is -3.42. The van der Waals surface area contributed by atoms with Gasteiger partial charge in [-0.15, -0.1) is 0 Å². The molecule has 3 heterocycles. The van der Waals surface area contributed by atoms with E-state index in [1.807, 2.05) is 12.1 Å². The normalized spacial score (nSPS) is 13.8. The molecule has 1 fully saturated rings. The molecule has 0 atom stereocenters. The van der Waals surface area contributed by atoms with Crippen molar-refractivity contribution in [2.75, 3.05) is 10.6 Å². The van der Waals surface area contributed by atoms with Crippen molar-refractivity contribution in [1.82, 2.24) is 25.1 Å². The molecule has 5 rings (SSSR count). The van der Waals surface area contributed by atoms with E-state index in [0.717, 1.165) is 28.0 Å². The first-order valence-corrected chi connectivity index (χ1v) is 8.89. The second kappa shape index (κ2) is 6.39. The van der Waals surface area contributed by atoms with E-state index in [9.17, 15) is 4.39 Å². The van der Waals surface area contributed by atoms with Crippen molar-refractivity contribution >= 4 is 28.5 Å². The van der Waals surface area contributed by atoms with Gasteiger partial charge in [-0.1, -0.05) is 0 Å². The standard InChI is InChI=1S/C19H18FN7/c20-13-7-12(14-3-5-21-16(14)8-13)10-23-19-22-6-4-17(25-19)24-18-9-15(26-27-18)11-1-2-11/h3-9,11,21H,1-2,10H2,(H3,22,23,24,25,26,27). The van der Waals surface area contributed by atoms with Crippen LogP contribution in [0.15, 0.2) is 42.7 Å². The number of hydrogen-bond donors (Lipinski definition) is 4. The van der Waals surface area contributed by atoms with E-state index in [-0.39, 0.29) is 5.82 Å². The summed E-state index contributed by atoms with van der Waals surface area (Å²) in [6.07, 6.45) is 5.91. The molecule has 0 radical (unpaired) electrons. The lowest BCUT2D eigenvalue weighted by atomic mass is 10.1. The maximum atomic E-state index is 13.8. The zero-order valence-electron chi connectivity index (χ0n) is 14.5. The smallest absolute Gasteiger partial charge is 0.224 e. The fraction of sp³-hybridized carbons (Fsp3) is 0.211. The Kier molecular flexibility index (Phi) is 3.74. The topological polar surface area (TPSA) is 94.3 Å². The number of aromatic nitrogens is 5. The van der Waals surface area contributed by atoms with Crippen molar-refractivity contribution < 1.29 is 4.39 Å². The fourth-order valence-electron chi connectivity index (χ4n) is 3.17. The van der Waals surface area contributed by atoms with E-state index in [1.54, 1.807) is 18.5 Å². The van der Waals surface area contributed by atoms with Crippen LogP contribution in [0.3, 0.4) is 0 Å². The van der Waals surface area contributed by atoms with Crippen LogP contribution < -0.4 is 10.6 Å². The van der Waals surface area contributed by atoms with E-state index in [4.69, 9.17) is 0 Å². The first-order chi connectivity index (χ1) is 13.2. The van der Waals surface area contributed by atoms with E-state index in [0.29, 0.717) is 24.2 Å². The SMILES string of the molecule is Fc1cc(CNc2nccc(Nc3cc(C4CC4)[nH]n3)n2)c2cc[nH]c2c1. The molecule has 0 bridgehead atoms. The third kappa shape index (κ3) is 3.33. The molecule has 0 saturated heterocycles. The van der Waals surface area contributed by atoms with Crippen LogP contribution in [0.5, 0.6) is 0 Å². The third-order valence-electron chi connectivity index (χ3n) is 4.68. The second-order valence-electron chi connectivity index (χ2n) is 6.73. The Bertz CT molecular complexity index is 1100. The summed E-state index contributed by atoms with van der Waals surface area (Å²) < 4.78 is 13.8. The minimum absolute atomic E-state index is 0.275. The molecule has 4 N–H and O–H groups in total. The number of H-pyrrole nitrogens is 2. The molecular formula is C19H18FN7. The first kappa shape index (κ1) is 15.8. The molecule has 27 heavy (non-hydrogen) atoms. The number of hydrogen-bond acceptors (Lipinski definition) is 5. The van der Waals surface area contributed by atoms with Gasteiger partial charge < -0.3 is 15.6 Å². The van der Waals surface area contributed by atoms with Crippen molar-refractivity contribution in [1.29, 1.82) is 0 Å². The zero-order valence-corrected chi connectivity index (χ0v) is 14.5. The van der Waals surface area contributed by atoms with Crippen molar-refractivity contribution in [3.8, 4) is 0 Å². The molecule has 0 unspecified atom stereocenters. The van der Waals surface area contributed by atoms with Gasteiger partial charge in [0.1, 0.15) is 11.6 Å². The molecular weight excluding hydrogens is 345 g/mol. The number of nitrogens with one attached hydrogen (secondary N) is 4. The second-order valence-corrected chi connectivity index (χ2v) is 6.73. The quantitative estimate of drug-likeness (QED) is 0.415. The lowest BCUT2D eigenvalue weighted by Gasteiger charge is -2.08. The predicted molar refractivity (Wildman–Crippen MR) is 101 cm³/mol. The highest BCUT2D eigenvalue weighted by Gasteiger charge is 2.25. The van der Waals surface area contributed by atoms with E-state index in [2.05, 4.69) is 35.8 Å². The van der Waals surface area contributed by atoms with Crippen LogP contribution in [0, 0.1) is 5.82 Å². The van der Waals surface area contributed by atoms with Crippen LogP contribution in [-0.4, -0.2) is 25.1 Å². The minimum atomic E-state index is -0.275. The average molecular weight is 363 g/mol. The monoisotopic (exact) mass is 363 g/mol. The van der Waals surface area contributed by atoms with E-state index >= 15 is 0 Å². The minimum Gasteiger partial charge on any atom is -0.361 e. The number of nitrogens with zero attached hydrogens (tertiary/aromatic N) is 3. The highest BCUT2D eigenvalue weighted by Crippen LogP contribution is 2.39. The summed E-state index contributed by atoms with van der Waals surface area (Å²) in [5.41, 5.74) is 2.77. The Morgan fingerprint density at radius 2 is 2.07 bits per heavy atom. The zero-order chi connectivity index (χ0) is 18.2. The number of fused-ring (bicyclic) bond motifs is 1. The largest absolute Gasteiger partial charge is 0.361 e. The van der Waals surface area contributed by atoms with E-state index < -0.39 is 0 Å². The summed E-state index contributed by atoms with van der Waals surface area (Å²) in [4.78, 5) is 11.7. The van der Waals surface area contributed by atoms with Gasteiger partial charge in [-0.25, -0.2) is 9.37 Å². The lowest BCUT2D eigenvalue weighted by Crippen LogP contribution is -2.05. The number of aromatic amines is 2. The van der Waals surface area contributed by atoms with Crippen molar-refractivity contribution in [2.24, 2.45) is 0 Å². The van der Waals surface area contributed by atoms with Crippen LogP contribution in [0.25, 0.3) is 10.9 Å². The van der Waals surface area contributed by atoms with Gasteiger partial charge >= 0.3 is 0 Å². The molecule has 136 valence electrons. The van der Waals surface area contributed by atoms with Crippen molar-refractivity contribution in [3.63, 3.8) is 0 Å². The van der Waals surface area contributed by atoms with Crippen LogP contribution in [0.1, 0.15) is 30.0 Å². The first-order valence-electron chi connectivity index (χ1n) is 8.89. The number of rotatable bonds is 6. The molecule has 0 amide bonds. The van der Waals surface area contributed by atoms with Gasteiger partial charge in [0.15, 0.2) is 5.82 Å². The molecule has 0 spiro atoms. The van der Waals surface area contributed by atoms with E-state index in [1.165, 1.54) is 25.0 Å². The highest BCUT2D eigenvalue weighted by molar-refractivity contribution is 5.83. The Balaban J connectivity index is 1.30. The molecule has 4 aromatic rings. The van der Waals surface area contributed by atoms with Crippen LogP contribution in [0.4, 0.5) is 22.0 Å². The predicted octanol–water partition coefficient (Wildman–Crippen LogP) is 4.05.